The van der Waals surface area contributed by atoms with Crippen molar-refractivity contribution in [2.45, 2.75) is 6.42 Å². The van der Waals surface area contributed by atoms with Crippen molar-refractivity contribution in [3.8, 4) is 0 Å². The van der Waals surface area contributed by atoms with Gasteiger partial charge in [0.05, 0.1) is 28.1 Å². The summed E-state index contributed by atoms with van der Waals surface area (Å²) in [5, 5.41) is 0.561. The van der Waals surface area contributed by atoms with Gasteiger partial charge in [0.15, 0.2) is 6.61 Å². The normalized spacial score (nSPS) is 30.2. The van der Waals surface area contributed by atoms with Crippen LogP contribution < -0.4 is 4.90 Å². The Morgan fingerprint density at radius 1 is 0.941 bits per heavy atom. The highest BCUT2D eigenvalue weighted by molar-refractivity contribution is 6.36. The van der Waals surface area contributed by atoms with Crippen LogP contribution in [0.5, 0.6) is 0 Å². The molecule has 1 saturated heterocycles. The Balaban J connectivity index is 1.19. The fraction of sp³-hybridized carbons (Fsp3) is 0.308. The molecule has 172 valence electrons. The van der Waals surface area contributed by atoms with Crippen LogP contribution >= 0.6 is 23.2 Å². The first-order valence-corrected chi connectivity index (χ1v) is 11.9. The molecule has 6 nitrogen and oxygen atoms in total. The van der Waals surface area contributed by atoms with Crippen LogP contribution in [-0.4, -0.2) is 30.2 Å². The lowest BCUT2D eigenvalue weighted by Crippen LogP contribution is -2.40. The third-order valence-corrected chi connectivity index (χ3v) is 8.12. The van der Waals surface area contributed by atoms with Gasteiger partial charge >= 0.3 is 5.97 Å². The first-order chi connectivity index (χ1) is 16.3. The maximum Gasteiger partial charge on any atom is 0.338 e. The maximum atomic E-state index is 13.3. The van der Waals surface area contributed by atoms with Crippen LogP contribution in [0.15, 0.2) is 54.6 Å². The molecule has 2 amide bonds. The molecule has 1 aliphatic heterocycles. The molecule has 2 aromatic carbocycles. The van der Waals surface area contributed by atoms with E-state index in [9.17, 15) is 19.2 Å². The van der Waals surface area contributed by atoms with Crippen LogP contribution in [0.4, 0.5) is 5.69 Å². The van der Waals surface area contributed by atoms with Crippen molar-refractivity contribution in [2.24, 2.45) is 35.5 Å². The summed E-state index contributed by atoms with van der Waals surface area (Å²) < 4.78 is 5.18. The monoisotopic (exact) mass is 495 g/mol. The summed E-state index contributed by atoms with van der Waals surface area (Å²) in [6.07, 6.45) is 5.33. The number of hydrogen-bond donors (Lipinski definition) is 0. The number of anilines is 1. The van der Waals surface area contributed by atoms with E-state index in [2.05, 4.69) is 12.2 Å². The highest BCUT2D eigenvalue weighted by Gasteiger charge is 2.67. The number of imide groups is 1. The lowest BCUT2D eigenvalue weighted by Gasteiger charge is -2.37. The predicted molar refractivity (Wildman–Crippen MR) is 125 cm³/mol. The van der Waals surface area contributed by atoms with E-state index in [1.54, 1.807) is 12.1 Å². The average molecular weight is 496 g/mol. The minimum atomic E-state index is -0.736. The van der Waals surface area contributed by atoms with Gasteiger partial charge in [0.2, 0.25) is 17.6 Å². The number of esters is 1. The van der Waals surface area contributed by atoms with Gasteiger partial charge in [0.25, 0.3) is 0 Å². The van der Waals surface area contributed by atoms with Crippen LogP contribution in [-0.2, 0) is 14.3 Å². The zero-order valence-electron chi connectivity index (χ0n) is 17.8. The number of allylic oxidation sites excluding steroid dienone is 2. The first kappa shape index (κ1) is 21.6. The van der Waals surface area contributed by atoms with E-state index in [4.69, 9.17) is 27.9 Å². The van der Waals surface area contributed by atoms with Crippen LogP contribution in [0.25, 0.3) is 0 Å². The summed E-state index contributed by atoms with van der Waals surface area (Å²) in [7, 11) is 0. The number of halogens is 2. The van der Waals surface area contributed by atoms with Gasteiger partial charge in [-0.15, -0.1) is 0 Å². The molecule has 3 fully saturated rings. The number of nitrogens with zero attached hydrogens (tertiary/aromatic N) is 1. The van der Waals surface area contributed by atoms with Gasteiger partial charge in [0.1, 0.15) is 0 Å². The summed E-state index contributed by atoms with van der Waals surface area (Å²) >= 11 is 11.9. The molecule has 1 heterocycles. The maximum absolute atomic E-state index is 13.3. The number of Topliss-reactive ketones (excluding diaryl/α,β-unsaturated/α-hetero) is 1. The molecule has 2 aromatic rings. The molecule has 7 rings (SSSR count). The van der Waals surface area contributed by atoms with Crippen molar-refractivity contribution >= 4 is 52.5 Å². The molecule has 2 bridgehead atoms. The van der Waals surface area contributed by atoms with Gasteiger partial charge < -0.3 is 4.74 Å². The van der Waals surface area contributed by atoms with Gasteiger partial charge in [-0.3, -0.25) is 14.4 Å². The second-order valence-corrected chi connectivity index (χ2v) is 10.2. The second-order valence-electron chi connectivity index (χ2n) is 9.34. The number of carbonyl (C=O) groups excluding carboxylic acids is 4. The molecule has 2 saturated carbocycles. The highest BCUT2D eigenvalue weighted by atomic mass is 35.5. The third kappa shape index (κ3) is 3.23. The van der Waals surface area contributed by atoms with Crippen molar-refractivity contribution in [1.29, 1.82) is 0 Å². The van der Waals surface area contributed by atoms with E-state index in [0.29, 0.717) is 22.5 Å². The highest BCUT2D eigenvalue weighted by Crippen LogP contribution is 2.65. The number of carbonyl (C=O) groups is 4. The standard InChI is InChI=1S/C26H19Cl2NO5/c27-13-4-5-17(20(28)9-13)21(30)11-34-26(33)12-2-1-3-14(8-12)29-24(31)22-15-6-7-16(19-10-18(15)19)23(22)25(29)32/h1-9,15-16,18-19,22-23H,10-11H2/t15-,16+,18-,19-,22+,23-/m1/s1. The molecular weight excluding hydrogens is 477 g/mol. The summed E-state index contributed by atoms with van der Waals surface area (Å²) in [6, 6.07) is 10.6. The topological polar surface area (TPSA) is 80.8 Å². The van der Waals surface area contributed by atoms with Crippen LogP contribution in [0.2, 0.25) is 10.0 Å². The largest absolute Gasteiger partial charge is 0.454 e. The van der Waals surface area contributed by atoms with Crippen molar-refractivity contribution in [3.63, 3.8) is 0 Å². The SMILES string of the molecule is O=C(OCC(=O)c1ccc(Cl)cc1Cl)c1cccc(N2C(=O)[C@@H]3[C@H]4C=C[C@H]([C@H]5C[C@H]45)[C@@H]3C2=O)c1. The van der Waals surface area contributed by atoms with Gasteiger partial charge in [-0.25, -0.2) is 9.69 Å². The Labute approximate surface area is 205 Å². The van der Waals surface area contributed by atoms with Gasteiger partial charge in [-0.05, 0) is 66.5 Å². The molecule has 34 heavy (non-hydrogen) atoms. The Bertz CT molecular complexity index is 1270. The number of hydrogen-bond acceptors (Lipinski definition) is 5. The number of benzene rings is 2. The lowest BCUT2D eigenvalue weighted by atomic mass is 9.63. The third-order valence-electron chi connectivity index (χ3n) is 7.57. The summed E-state index contributed by atoms with van der Waals surface area (Å²) in [4.78, 5) is 52.9. The lowest BCUT2D eigenvalue weighted by molar-refractivity contribution is -0.124. The number of amides is 2. The molecule has 5 aliphatic rings. The smallest absolute Gasteiger partial charge is 0.338 e. The molecule has 0 radical (unpaired) electrons. The van der Waals surface area contributed by atoms with Crippen molar-refractivity contribution in [1.82, 2.24) is 0 Å². The fourth-order valence-electron chi connectivity index (χ4n) is 5.99. The average Bonchev–Trinajstić information content (AvgIpc) is 3.60. The van der Waals surface area contributed by atoms with Crippen molar-refractivity contribution in [2.75, 3.05) is 11.5 Å². The molecule has 0 spiro atoms. The fourth-order valence-corrected chi connectivity index (χ4v) is 6.51. The zero-order valence-corrected chi connectivity index (χ0v) is 19.3. The number of ether oxygens (including phenoxy) is 1. The van der Waals surface area contributed by atoms with Gasteiger partial charge in [0, 0.05) is 10.6 Å². The summed E-state index contributed by atoms with van der Waals surface area (Å²) in [5.74, 6) is -0.952. The predicted octanol–water partition coefficient (Wildman–Crippen LogP) is 4.59. The Kier molecular flexibility index (Phi) is 4.94. The van der Waals surface area contributed by atoms with Gasteiger partial charge in [-0.1, -0.05) is 41.4 Å². The van der Waals surface area contributed by atoms with E-state index in [1.807, 2.05) is 0 Å². The van der Waals surface area contributed by atoms with Gasteiger partial charge in [-0.2, -0.15) is 0 Å². The summed E-state index contributed by atoms with van der Waals surface area (Å²) in [5.41, 5.74) is 0.690. The van der Waals surface area contributed by atoms with E-state index >= 15 is 0 Å². The quantitative estimate of drug-likeness (QED) is 0.262. The molecular formula is C26H19Cl2NO5. The molecule has 6 atom stereocenters. The van der Waals surface area contributed by atoms with E-state index in [0.717, 1.165) is 6.42 Å². The van der Waals surface area contributed by atoms with E-state index in [1.165, 1.54) is 35.2 Å². The molecule has 0 unspecified atom stereocenters. The Morgan fingerprint density at radius 3 is 2.26 bits per heavy atom. The van der Waals surface area contributed by atoms with E-state index in [-0.39, 0.29) is 51.6 Å². The minimum Gasteiger partial charge on any atom is -0.454 e. The van der Waals surface area contributed by atoms with Crippen molar-refractivity contribution < 1.29 is 23.9 Å². The van der Waals surface area contributed by atoms with E-state index < -0.39 is 18.4 Å². The summed E-state index contributed by atoms with van der Waals surface area (Å²) in [6.45, 7) is -0.506. The second kappa shape index (κ2) is 7.79. The van der Waals surface area contributed by atoms with Crippen LogP contribution in [0.1, 0.15) is 27.1 Å². The van der Waals surface area contributed by atoms with Crippen LogP contribution in [0.3, 0.4) is 0 Å². The molecule has 8 heteroatoms. The number of rotatable bonds is 5. The Hall–Kier alpha value is -2.96. The van der Waals surface area contributed by atoms with Crippen molar-refractivity contribution in [3.05, 3.63) is 75.8 Å². The minimum absolute atomic E-state index is 0.125. The zero-order chi connectivity index (χ0) is 23.7. The molecule has 0 N–H and O–H groups in total. The van der Waals surface area contributed by atoms with Crippen LogP contribution in [0, 0.1) is 35.5 Å². The first-order valence-electron chi connectivity index (χ1n) is 11.2. The molecule has 0 aromatic heterocycles. The molecule has 4 aliphatic carbocycles. The Morgan fingerprint density at radius 2 is 1.62 bits per heavy atom. The number of ketones is 1.